The predicted octanol–water partition coefficient (Wildman–Crippen LogP) is 0.713. The van der Waals surface area contributed by atoms with Crippen molar-refractivity contribution in [3.63, 3.8) is 0 Å². The predicted molar refractivity (Wildman–Crippen MR) is 37.2 cm³/mol. The number of aromatic hydroxyl groups is 1. The zero-order chi connectivity index (χ0) is 9.14. The summed E-state index contributed by atoms with van der Waals surface area (Å²) in [6.45, 7) is 0. The minimum absolute atomic E-state index is 0.0106. The van der Waals surface area contributed by atoms with Crippen LogP contribution in [0.25, 0.3) is 0 Å². The molecule has 0 aliphatic carbocycles. The molecular weight excluding hydrogens is 165 g/mol. The van der Waals surface area contributed by atoms with E-state index in [0.717, 1.165) is 12.3 Å². The number of hydrogen-bond acceptors (Lipinski definition) is 4. The second-order valence-corrected chi connectivity index (χ2v) is 2.03. The molecule has 1 heterocycles. The van der Waals surface area contributed by atoms with Gasteiger partial charge in [-0.05, 0) is 0 Å². The SMILES string of the molecule is COC(=O)c1cnc(F)c(O)c1. The molecule has 0 radical (unpaired) electrons. The summed E-state index contributed by atoms with van der Waals surface area (Å²) in [7, 11) is 1.18. The first-order valence-electron chi connectivity index (χ1n) is 3.08. The molecular formula is C7H6FNO3. The first-order chi connectivity index (χ1) is 5.65. The topological polar surface area (TPSA) is 59.4 Å². The van der Waals surface area contributed by atoms with Crippen LogP contribution in [0.5, 0.6) is 5.75 Å². The van der Waals surface area contributed by atoms with Gasteiger partial charge in [-0.15, -0.1) is 0 Å². The number of esters is 1. The zero-order valence-corrected chi connectivity index (χ0v) is 6.24. The monoisotopic (exact) mass is 171 g/mol. The highest BCUT2D eigenvalue weighted by atomic mass is 19.1. The van der Waals surface area contributed by atoms with Gasteiger partial charge in [-0.3, -0.25) is 0 Å². The summed E-state index contributed by atoms with van der Waals surface area (Å²) in [6, 6.07) is 0.953. The minimum atomic E-state index is -1.01. The molecule has 0 unspecified atom stereocenters. The van der Waals surface area contributed by atoms with Crippen molar-refractivity contribution >= 4 is 5.97 Å². The Bertz CT molecular complexity index is 314. The van der Waals surface area contributed by atoms with Crippen LogP contribution in [0, 0.1) is 5.95 Å². The van der Waals surface area contributed by atoms with E-state index in [4.69, 9.17) is 5.11 Å². The fourth-order valence-corrected chi connectivity index (χ4v) is 0.666. The molecule has 1 aromatic heterocycles. The Morgan fingerprint density at radius 1 is 1.75 bits per heavy atom. The molecule has 0 amide bonds. The van der Waals surface area contributed by atoms with E-state index >= 15 is 0 Å². The van der Waals surface area contributed by atoms with Crippen LogP contribution in [0.4, 0.5) is 4.39 Å². The number of pyridine rings is 1. The van der Waals surface area contributed by atoms with E-state index in [2.05, 4.69) is 9.72 Å². The second kappa shape index (κ2) is 3.17. The molecule has 0 fully saturated rings. The number of halogens is 1. The van der Waals surface area contributed by atoms with Crippen LogP contribution >= 0.6 is 0 Å². The summed E-state index contributed by atoms with van der Waals surface area (Å²) in [5.41, 5.74) is 0.0106. The van der Waals surface area contributed by atoms with Crippen molar-refractivity contribution in [1.82, 2.24) is 4.98 Å². The van der Waals surface area contributed by atoms with Crippen molar-refractivity contribution in [3.05, 3.63) is 23.8 Å². The van der Waals surface area contributed by atoms with E-state index in [-0.39, 0.29) is 5.56 Å². The lowest BCUT2D eigenvalue weighted by Crippen LogP contribution is -2.02. The average Bonchev–Trinajstić information content (AvgIpc) is 2.08. The first-order valence-corrected chi connectivity index (χ1v) is 3.08. The summed E-state index contributed by atoms with van der Waals surface area (Å²) >= 11 is 0. The molecule has 1 N–H and O–H groups in total. The fraction of sp³-hybridized carbons (Fsp3) is 0.143. The van der Waals surface area contributed by atoms with Crippen LogP contribution in [0.3, 0.4) is 0 Å². The number of aromatic nitrogens is 1. The maximum absolute atomic E-state index is 12.4. The van der Waals surface area contributed by atoms with Gasteiger partial charge < -0.3 is 9.84 Å². The van der Waals surface area contributed by atoms with Gasteiger partial charge in [0.2, 0.25) is 0 Å². The fourth-order valence-electron chi connectivity index (χ4n) is 0.666. The standard InChI is InChI=1S/C7H6FNO3/c1-12-7(11)4-2-5(10)6(8)9-3-4/h2-3,10H,1H3. The quantitative estimate of drug-likeness (QED) is 0.499. The van der Waals surface area contributed by atoms with E-state index in [1.54, 1.807) is 0 Å². The van der Waals surface area contributed by atoms with Gasteiger partial charge in [0.15, 0.2) is 5.75 Å². The molecule has 0 aromatic carbocycles. The summed E-state index contributed by atoms with van der Waals surface area (Å²) in [5.74, 6) is -2.35. The van der Waals surface area contributed by atoms with Crippen molar-refractivity contribution < 1.29 is 19.0 Å². The lowest BCUT2D eigenvalue weighted by Gasteiger charge is -1.98. The van der Waals surface area contributed by atoms with E-state index < -0.39 is 17.7 Å². The summed E-state index contributed by atoms with van der Waals surface area (Å²) in [4.78, 5) is 13.9. The number of rotatable bonds is 1. The largest absolute Gasteiger partial charge is 0.504 e. The Kier molecular flexibility index (Phi) is 2.23. The zero-order valence-electron chi connectivity index (χ0n) is 6.24. The van der Waals surface area contributed by atoms with E-state index in [1.165, 1.54) is 7.11 Å². The number of nitrogens with zero attached hydrogens (tertiary/aromatic N) is 1. The van der Waals surface area contributed by atoms with Gasteiger partial charge in [0.25, 0.3) is 5.95 Å². The molecule has 5 heteroatoms. The van der Waals surface area contributed by atoms with E-state index in [9.17, 15) is 9.18 Å². The summed E-state index contributed by atoms with van der Waals surface area (Å²) in [6.07, 6.45) is 0.987. The summed E-state index contributed by atoms with van der Waals surface area (Å²) in [5, 5.41) is 8.80. The maximum Gasteiger partial charge on any atom is 0.339 e. The molecule has 0 saturated carbocycles. The maximum atomic E-state index is 12.4. The third-order valence-electron chi connectivity index (χ3n) is 1.24. The Balaban J connectivity index is 3.05. The lowest BCUT2D eigenvalue weighted by molar-refractivity contribution is 0.0599. The van der Waals surface area contributed by atoms with Crippen molar-refractivity contribution in [1.29, 1.82) is 0 Å². The Morgan fingerprint density at radius 3 is 2.92 bits per heavy atom. The van der Waals surface area contributed by atoms with Gasteiger partial charge >= 0.3 is 5.97 Å². The van der Waals surface area contributed by atoms with E-state index in [1.807, 2.05) is 0 Å². The van der Waals surface area contributed by atoms with Crippen molar-refractivity contribution in [3.8, 4) is 5.75 Å². The molecule has 4 nitrogen and oxygen atoms in total. The van der Waals surface area contributed by atoms with Gasteiger partial charge in [-0.25, -0.2) is 9.78 Å². The molecule has 64 valence electrons. The Morgan fingerprint density at radius 2 is 2.42 bits per heavy atom. The normalized spacial score (nSPS) is 9.50. The van der Waals surface area contributed by atoms with Crippen LogP contribution in [0.15, 0.2) is 12.3 Å². The van der Waals surface area contributed by atoms with Crippen LogP contribution < -0.4 is 0 Å². The third kappa shape index (κ3) is 1.50. The minimum Gasteiger partial charge on any atom is -0.504 e. The highest BCUT2D eigenvalue weighted by Crippen LogP contribution is 2.14. The molecule has 0 aliphatic rings. The molecule has 0 aliphatic heterocycles. The first kappa shape index (κ1) is 8.45. The molecule has 1 aromatic rings. The molecule has 0 spiro atoms. The molecule has 0 atom stereocenters. The number of hydrogen-bond donors (Lipinski definition) is 1. The van der Waals surface area contributed by atoms with Gasteiger partial charge in [0.05, 0.1) is 12.7 Å². The Labute approximate surface area is 67.6 Å². The lowest BCUT2D eigenvalue weighted by atomic mass is 10.3. The van der Waals surface area contributed by atoms with Crippen molar-refractivity contribution in [2.24, 2.45) is 0 Å². The summed E-state index contributed by atoms with van der Waals surface area (Å²) < 4.78 is 16.7. The highest BCUT2D eigenvalue weighted by Gasteiger charge is 2.09. The molecule has 0 saturated heterocycles. The van der Waals surface area contributed by atoms with Gasteiger partial charge in [-0.2, -0.15) is 4.39 Å². The van der Waals surface area contributed by atoms with Crippen LogP contribution in [-0.4, -0.2) is 23.2 Å². The third-order valence-corrected chi connectivity index (χ3v) is 1.24. The average molecular weight is 171 g/mol. The van der Waals surface area contributed by atoms with Gasteiger partial charge in [0, 0.05) is 12.3 Å². The van der Waals surface area contributed by atoms with Crippen LogP contribution in [0.1, 0.15) is 10.4 Å². The molecule has 12 heavy (non-hydrogen) atoms. The van der Waals surface area contributed by atoms with Crippen LogP contribution in [-0.2, 0) is 4.74 Å². The molecule has 0 bridgehead atoms. The van der Waals surface area contributed by atoms with Crippen LogP contribution in [0.2, 0.25) is 0 Å². The van der Waals surface area contributed by atoms with Crippen molar-refractivity contribution in [2.45, 2.75) is 0 Å². The molecule has 1 rings (SSSR count). The van der Waals surface area contributed by atoms with Gasteiger partial charge in [-0.1, -0.05) is 0 Å². The number of carbonyl (C=O) groups is 1. The van der Waals surface area contributed by atoms with Gasteiger partial charge in [0.1, 0.15) is 0 Å². The second-order valence-electron chi connectivity index (χ2n) is 2.03. The smallest absolute Gasteiger partial charge is 0.339 e. The Hall–Kier alpha value is -1.65. The van der Waals surface area contributed by atoms with E-state index in [0.29, 0.717) is 0 Å². The number of carbonyl (C=O) groups excluding carboxylic acids is 1. The number of methoxy groups -OCH3 is 1. The highest BCUT2D eigenvalue weighted by molar-refractivity contribution is 5.89. The van der Waals surface area contributed by atoms with Crippen molar-refractivity contribution in [2.75, 3.05) is 7.11 Å². The number of ether oxygens (including phenoxy) is 1.